The summed E-state index contributed by atoms with van der Waals surface area (Å²) < 4.78 is 134. The van der Waals surface area contributed by atoms with Gasteiger partial charge in [-0.25, -0.2) is 18.8 Å². The van der Waals surface area contributed by atoms with E-state index < -0.39 is 65.2 Å². The van der Waals surface area contributed by atoms with Gasteiger partial charge in [0.15, 0.2) is 11.6 Å². The van der Waals surface area contributed by atoms with Crippen LogP contribution in [0, 0.1) is 55.8 Å². The van der Waals surface area contributed by atoms with Crippen molar-refractivity contribution in [1.82, 2.24) is 10.2 Å². The number of non-ortho nitro benzene ring substituents is 1. The van der Waals surface area contributed by atoms with Crippen LogP contribution in [0.3, 0.4) is 0 Å². The lowest BCUT2D eigenvalue weighted by Gasteiger charge is -2.20. The zero-order chi connectivity index (χ0) is 108. The lowest BCUT2D eigenvalue weighted by molar-refractivity contribution is -0.384. The first-order chi connectivity index (χ1) is 71.2. The van der Waals surface area contributed by atoms with E-state index in [9.17, 15) is 50.4 Å². The van der Waals surface area contributed by atoms with Crippen molar-refractivity contribution in [1.29, 1.82) is 27.0 Å². The summed E-state index contributed by atoms with van der Waals surface area (Å²) in [6, 6.07) is 86.9. The fourth-order valence-corrected chi connectivity index (χ4v) is 18.7. The van der Waals surface area contributed by atoms with Crippen LogP contribution in [0.25, 0.3) is 50.4 Å². The number of nitro benzene ring substituents is 1. The minimum Gasteiger partial charge on any atom is -0.494 e. The third kappa shape index (κ3) is 31.4. The number of aromatic nitrogens is 2. The molecule has 0 saturated heterocycles. The molecule has 17 aromatic rings. The number of benzene rings is 11. The number of nitrogen functional groups attached to an aromatic ring is 5. The van der Waals surface area contributed by atoms with Crippen molar-refractivity contribution in [2.45, 2.75) is 69.1 Å². The number of hydrogen-bond donors (Lipinski definition) is 14. The van der Waals surface area contributed by atoms with E-state index in [1.165, 1.54) is 120 Å². The van der Waals surface area contributed by atoms with Crippen molar-refractivity contribution in [3.63, 3.8) is 0 Å². The van der Waals surface area contributed by atoms with Gasteiger partial charge in [-0.15, -0.1) is 66.9 Å². The van der Waals surface area contributed by atoms with Crippen molar-refractivity contribution in [2.75, 3.05) is 33.3 Å². The van der Waals surface area contributed by atoms with Gasteiger partial charge in [0.1, 0.15) is 70.1 Å². The maximum Gasteiger partial charge on any atom is 0.490 e. The number of carbonyl (C=O) groups is 5. The largest absolute Gasteiger partial charge is 0.494 e. The number of carboxylic acids is 2. The van der Waals surface area contributed by atoms with Crippen LogP contribution < -0.4 is 62.4 Å². The van der Waals surface area contributed by atoms with E-state index in [-0.39, 0.29) is 59.3 Å². The third-order valence-electron chi connectivity index (χ3n) is 21.0. The SMILES string of the molecule is COC(=O)C(Oc1ccc2cc(C(=N)N)sc2c1)c1ccc(OC)c(F)c1.COCCC(Oc1cccc2sc(C(=N)N)cc12)c1ccccc1.Cc1nnc(C(Oc2cccc3sc(C(=N)N)cc23)c2ccccc2)o1.N=C(N)c1cc2c(OC(C(=O)Nc3cccc([N+](=O)[O-])c3)c3ccccc3)cccc2s1.N=C(N)c1cc2c(OC(c3ccccc3)C3CC3)cccc2s1.O=C(O)C(F)(F)F.O=C(O)C(F)(F)F.O=CO. The highest BCUT2D eigenvalue weighted by Crippen LogP contribution is 2.47. The van der Waals surface area contributed by atoms with E-state index in [0.717, 1.165) is 89.2 Å². The maximum atomic E-state index is 14.0. The number of aliphatic carboxylic acids is 2. The molecule has 6 aromatic heterocycles. The lowest BCUT2D eigenvalue weighted by atomic mass is 10.1. The van der Waals surface area contributed by atoms with Crippen LogP contribution in [-0.2, 0) is 33.4 Å². The van der Waals surface area contributed by atoms with Crippen LogP contribution in [0.4, 0.5) is 42.1 Å². The van der Waals surface area contributed by atoms with Crippen molar-refractivity contribution in [3.8, 4) is 34.5 Å². The molecule has 6 heterocycles. The monoisotopic (exact) mass is 2130 g/mol. The molecule has 1 fully saturated rings. The second kappa shape index (κ2) is 52.5. The number of nitro groups is 1. The summed E-state index contributed by atoms with van der Waals surface area (Å²) in [7, 11) is 4.29. The first-order valence-corrected chi connectivity index (χ1v) is 48.1. The average molecular weight is 2140 g/mol. The fraction of sp³-hybridized carbons (Fsp3) is 0.154. The fourth-order valence-electron chi connectivity index (χ4n) is 14.0. The summed E-state index contributed by atoms with van der Waals surface area (Å²) >= 11 is 7.21. The Bertz CT molecular complexity index is 7560. The van der Waals surface area contributed by atoms with Crippen molar-refractivity contribution in [2.24, 2.45) is 34.6 Å². The predicted octanol–water partition coefficient (Wildman–Crippen LogP) is 22.5. The van der Waals surface area contributed by atoms with Gasteiger partial charge >= 0.3 is 30.3 Å². The number of fused-ring (bicyclic) bond motifs is 5. The number of nitrogens with two attached hydrogens (primary N) is 5. The van der Waals surface area contributed by atoms with E-state index in [0.29, 0.717) is 73.0 Å². The number of carboxylic acid groups (broad SMARTS) is 3. The molecule has 149 heavy (non-hydrogen) atoms. The summed E-state index contributed by atoms with van der Waals surface area (Å²) in [5.41, 5.74) is 32.4. The predicted molar refractivity (Wildman–Crippen MR) is 557 cm³/mol. The molecule has 772 valence electrons. The molecule has 33 nitrogen and oxygen atoms in total. The molecule has 1 aliphatic rings. The summed E-state index contributed by atoms with van der Waals surface area (Å²) in [5.74, 6) is -2.28. The number of halogens is 7. The number of alkyl halides is 6. The third-order valence-corrected chi connectivity index (χ3v) is 26.7. The number of anilines is 1. The van der Waals surface area contributed by atoms with E-state index >= 15 is 0 Å². The van der Waals surface area contributed by atoms with Gasteiger partial charge in [-0.2, -0.15) is 26.3 Å². The molecule has 1 amide bonds. The van der Waals surface area contributed by atoms with Crippen molar-refractivity contribution < 1.29 is 117 Å². The molecular formula is C104H93F7N14O19S5. The Morgan fingerprint density at radius 2 is 0.899 bits per heavy atom. The van der Waals surface area contributed by atoms with Gasteiger partial charge in [0.05, 0.1) is 50.1 Å². The molecule has 5 atom stereocenters. The summed E-state index contributed by atoms with van der Waals surface area (Å²) in [5, 5.41) is 85.7. The Kier molecular flexibility index (Phi) is 39.5. The van der Waals surface area contributed by atoms with Gasteiger partial charge in [0, 0.05) is 106 Å². The van der Waals surface area contributed by atoms with Crippen LogP contribution in [0.2, 0.25) is 0 Å². The van der Waals surface area contributed by atoms with Crippen LogP contribution in [-0.4, -0.2) is 130 Å². The normalized spacial score (nSPS) is 12.3. The molecule has 1 saturated carbocycles. The molecule has 11 aromatic carbocycles. The number of aryl methyl sites for hydroxylation is 1. The Morgan fingerprint density at radius 3 is 1.31 bits per heavy atom. The van der Waals surface area contributed by atoms with Gasteiger partial charge in [0.2, 0.25) is 24.2 Å². The highest BCUT2D eigenvalue weighted by Gasteiger charge is 2.40. The first-order valence-electron chi connectivity index (χ1n) is 44.0. The zero-order valence-corrected chi connectivity index (χ0v) is 82.9. The van der Waals surface area contributed by atoms with E-state index in [4.69, 9.17) is 128 Å². The molecule has 18 rings (SSSR count). The number of thiophene rings is 5. The molecule has 0 bridgehead atoms. The van der Waals surface area contributed by atoms with Crippen LogP contribution >= 0.6 is 56.7 Å². The van der Waals surface area contributed by atoms with Crippen LogP contribution in [0.5, 0.6) is 34.5 Å². The van der Waals surface area contributed by atoms with Gasteiger partial charge in [-0.05, 0) is 145 Å². The minimum absolute atomic E-state index is 0.0141. The highest BCUT2D eigenvalue weighted by atomic mass is 32.1. The molecule has 0 aliphatic heterocycles. The number of carbonyl (C=O) groups excluding carboxylic acids is 2. The van der Waals surface area contributed by atoms with Crippen molar-refractivity contribution >= 4 is 178 Å². The molecule has 1 aliphatic carbocycles. The quantitative estimate of drug-likeness (QED) is 0.00378. The molecule has 19 N–H and O–H groups in total. The van der Waals surface area contributed by atoms with Gasteiger partial charge < -0.3 is 91.6 Å². The summed E-state index contributed by atoms with van der Waals surface area (Å²) in [6.45, 7) is 2.12. The molecule has 0 radical (unpaired) electrons. The topological polar surface area (TPSA) is 563 Å². The molecule has 45 heteroatoms. The number of nitrogens with one attached hydrogen (secondary N) is 6. The summed E-state index contributed by atoms with van der Waals surface area (Å²) in [4.78, 5) is 65.6. The molecular weight excluding hydrogens is 2040 g/mol. The zero-order valence-electron chi connectivity index (χ0n) is 78.8. The number of methoxy groups -OCH3 is 3. The number of esters is 1. The lowest BCUT2D eigenvalue weighted by Crippen LogP contribution is -2.25. The van der Waals surface area contributed by atoms with Crippen LogP contribution in [0.1, 0.15) is 114 Å². The smallest absolute Gasteiger partial charge is 0.490 e. The summed E-state index contributed by atoms with van der Waals surface area (Å²) in [6.07, 6.45) is -9.62. The maximum absolute atomic E-state index is 14.0. The van der Waals surface area contributed by atoms with Crippen molar-refractivity contribution in [3.05, 3.63) is 365 Å². The minimum atomic E-state index is -5.08. The highest BCUT2D eigenvalue weighted by molar-refractivity contribution is 7.22. The van der Waals surface area contributed by atoms with Gasteiger partial charge in [-0.1, -0.05) is 158 Å². The standard InChI is InChI=1S/C23H18N4O4S.C19H17FN2O4S.C19H16N4O2S.C19H20N2O2S.C19H18N2OS.2C2HF3O2.CH2O2/c24-22(25)20-13-17-18(10-5-11-19(17)32-20)31-21(14-6-2-1-3-7-14)23(28)26-15-8-4-9-16(12-15)27(29)30;1-24-14-6-4-11(7-13(14)20)17(19(23)25-2)26-12-5-3-10-8-16(18(21)22)27-15(10)9-12;1-11-22-23-19(24-11)17(12-6-3-2-4-7-12)25-14-8-5-9-15-13(14)10-16(26-15)18(20)21;1-22-11-10-15(13-6-3-2-4-7-13)23-16-8-5-9-17-14(16)12-18(24-17)19(20)21;20-19(21)17-11-14-15(7-4-8-16(14)23-17)22-18(13-9-10-13)12-5-2-1-3-6-12;2*3-2(4,5)1(6)7;2-1-3/h1-13,21H,(H3,24,25)(H,26,28);3-9,17H,1-2H3,(H3,21,22);2-10,17H,1H3,(H3,20,21);2-9,12,15H,10-11H2,1H3,(H3,20,21);1-8,11,13,18H,9-10H2,(H3,20,21);2*(H,6,7);1H,(H,2,3). The number of amidine groups is 5. The second-order valence-electron chi connectivity index (χ2n) is 31.5. The molecule has 5 unspecified atom stereocenters. The van der Waals surface area contributed by atoms with E-state index in [1.807, 2.05) is 146 Å². The number of nitrogens with zero attached hydrogens (tertiary/aromatic N) is 3. The van der Waals surface area contributed by atoms with Gasteiger partial charge in [-0.3, -0.25) is 46.7 Å². The number of ether oxygens (including phenoxy) is 8. The average Bonchev–Trinajstić information content (AvgIpc) is 1.56. The van der Waals surface area contributed by atoms with E-state index in [1.54, 1.807) is 86.8 Å². The van der Waals surface area contributed by atoms with Gasteiger partial charge in [0.25, 0.3) is 24.0 Å². The molecule has 0 spiro atoms. The number of amides is 1. The van der Waals surface area contributed by atoms with Crippen LogP contribution in [0.15, 0.2) is 290 Å². The first kappa shape index (κ1) is 112. The Balaban J connectivity index is 0.000000170. The van der Waals surface area contributed by atoms with E-state index in [2.05, 4.69) is 51.9 Å². The Morgan fingerprint density at radius 1 is 0.483 bits per heavy atom. The second-order valence-corrected chi connectivity index (χ2v) is 36.9. The number of hydrogen-bond acceptors (Lipinski definition) is 28. The Hall–Kier alpha value is -17.3. The Labute approximate surface area is 863 Å². The number of rotatable bonds is 30.